The molecule has 0 radical (unpaired) electrons. The van der Waals surface area contributed by atoms with Crippen molar-refractivity contribution in [2.45, 2.75) is 71.6 Å². The van der Waals surface area contributed by atoms with Gasteiger partial charge in [-0.15, -0.1) is 0 Å². The first kappa shape index (κ1) is 19.7. The third kappa shape index (κ3) is 4.80. The highest BCUT2D eigenvalue weighted by atomic mass is 16.3. The van der Waals surface area contributed by atoms with Crippen molar-refractivity contribution in [3.63, 3.8) is 0 Å². The van der Waals surface area contributed by atoms with Crippen molar-refractivity contribution in [1.29, 1.82) is 0 Å². The maximum atomic E-state index is 10.9. The minimum absolute atomic E-state index is 0.142. The van der Waals surface area contributed by atoms with Crippen LogP contribution in [0.4, 0.5) is 5.69 Å². The number of rotatable bonds is 3. The predicted octanol–water partition coefficient (Wildman–Crippen LogP) is 7.04. The number of aromatic hydroxyl groups is 1. The molecule has 0 amide bonds. The van der Waals surface area contributed by atoms with Gasteiger partial charge in [0.15, 0.2) is 0 Å². The lowest BCUT2D eigenvalue weighted by atomic mass is 9.78. The Hall–Kier alpha value is -2.09. The lowest BCUT2D eigenvalue weighted by Gasteiger charge is -2.27. The highest BCUT2D eigenvalue weighted by Gasteiger charge is 2.23. The van der Waals surface area contributed by atoms with Crippen molar-refractivity contribution in [3.8, 4) is 5.75 Å². The summed E-state index contributed by atoms with van der Waals surface area (Å²) in [6.45, 7) is 11.1. The van der Waals surface area contributed by atoms with Gasteiger partial charge in [0.25, 0.3) is 0 Å². The van der Waals surface area contributed by atoms with Gasteiger partial charge < -0.3 is 5.11 Å². The second-order valence-corrected chi connectivity index (χ2v) is 9.30. The van der Waals surface area contributed by atoms with Crippen LogP contribution in [0.25, 0.3) is 0 Å². The Kier molecular flexibility index (Phi) is 5.74. The number of aryl methyl sites for hydroxylation is 1. The normalized spacial score (nSPS) is 20.9. The fourth-order valence-corrected chi connectivity index (χ4v) is 4.01. The van der Waals surface area contributed by atoms with Crippen LogP contribution in [-0.2, 0) is 5.41 Å². The summed E-state index contributed by atoms with van der Waals surface area (Å²) in [7, 11) is 0. The molecule has 27 heavy (non-hydrogen) atoms. The van der Waals surface area contributed by atoms with Crippen LogP contribution in [0.5, 0.6) is 5.75 Å². The summed E-state index contributed by atoms with van der Waals surface area (Å²) in [6, 6.07) is 12.6. The van der Waals surface area contributed by atoms with E-state index in [-0.39, 0.29) is 5.41 Å². The largest absolute Gasteiger partial charge is 0.507 e. The number of hydrogen-bond donors (Lipinski definition) is 1. The highest BCUT2D eigenvalue weighted by molar-refractivity contribution is 5.86. The monoisotopic (exact) mass is 363 g/mol. The first-order valence-corrected chi connectivity index (χ1v) is 10.2. The fraction of sp³-hybridized carbons (Fsp3) is 0.480. The van der Waals surface area contributed by atoms with Crippen LogP contribution < -0.4 is 0 Å². The molecule has 1 N–H and O–H groups in total. The van der Waals surface area contributed by atoms with Crippen LogP contribution in [-0.4, -0.2) is 11.3 Å². The van der Waals surface area contributed by atoms with Crippen molar-refractivity contribution in [1.82, 2.24) is 0 Å². The summed E-state index contributed by atoms with van der Waals surface area (Å²) < 4.78 is 0. The minimum Gasteiger partial charge on any atom is -0.507 e. The summed E-state index contributed by atoms with van der Waals surface area (Å²) >= 11 is 0. The summed E-state index contributed by atoms with van der Waals surface area (Å²) in [5, 5.41) is 10.9. The third-order valence-electron chi connectivity index (χ3n) is 5.85. The summed E-state index contributed by atoms with van der Waals surface area (Å²) in [5.74, 6) is 1.69. The molecule has 2 aromatic rings. The van der Waals surface area contributed by atoms with Crippen molar-refractivity contribution < 1.29 is 5.11 Å². The first-order chi connectivity index (χ1) is 12.7. The Morgan fingerprint density at radius 3 is 2.22 bits per heavy atom. The molecule has 2 aromatic carbocycles. The van der Waals surface area contributed by atoms with Crippen LogP contribution in [0.1, 0.15) is 81.5 Å². The molecule has 0 aliphatic heterocycles. The third-order valence-corrected chi connectivity index (χ3v) is 5.85. The molecule has 1 saturated carbocycles. The Morgan fingerprint density at radius 1 is 1.00 bits per heavy atom. The van der Waals surface area contributed by atoms with Crippen molar-refractivity contribution in [2.75, 3.05) is 0 Å². The van der Waals surface area contributed by atoms with Crippen LogP contribution in [0, 0.1) is 12.8 Å². The molecule has 1 aliphatic rings. The van der Waals surface area contributed by atoms with Gasteiger partial charge >= 0.3 is 0 Å². The quantitative estimate of drug-likeness (QED) is 0.583. The molecule has 0 unspecified atom stereocenters. The predicted molar refractivity (Wildman–Crippen MR) is 116 cm³/mol. The number of aliphatic imine (C=N–C) groups is 1. The average molecular weight is 364 g/mol. The van der Waals surface area contributed by atoms with Gasteiger partial charge in [-0.2, -0.15) is 0 Å². The van der Waals surface area contributed by atoms with E-state index in [9.17, 15) is 5.11 Å². The molecule has 0 atom stereocenters. The molecule has 2 nitrogen and oxygen atoms in total. The van der Waals surface area contributed by atoms with Crippen LogP contribution in [0.15, 0.2) is 41.4 Å². The number of phenolic OH excluding ortho intramolecular Hbond substituents is 1. The summed E-state index contributed by atoms with van der Waals surface area (Å²) in [5.41, 5.74) is 5.47. The summed E-state index contributed by atoms with van der Waals surface area (Å²) in [6.07, 6.45) is 6.65. The number of hydrogen-bond acceptors (Lipinski definition) is 2. The van der Waals surface area contributed by atoms with Gasteiger partial charge in [-0.25, -0.2) is 0 Å². The van der Waals surface area contributed by atoms with Gasteiger partial charge in [-0.05, 0) is 71.9 Å². The second kappa shape index (κ2) is 7.88. The van der Waals surface area contributed by atoms with Crippen molar-refractivity contribution in [2.24, 2.45) is 10.9 Å². The molecular formula is C25H33NO. The molecule has 3 rings (SSSR count). The zero-order valence-corrected chi connectivity index (χ0v) is 17.4. The van der Waals surface area contributed by atoms with E-state index in [0.29, 0.717) is 11.7 Å². The van der Waals surface area contributed by atoms with Gasteiger partial charge in [0.05, 0.1) is 5.69 Å². The average Bonchev–Trinajstić information content (AvgIpc) is 2.62. The van der Waals surface area contributed by atoms with E-state index in [0.717, 1.165) is 22.7 Å². The first-order valence-electron chi connectivity index (χ1n) is 10.2. The molecule has 0 bridgehead atoms. The lowest BCUT2D eigenvalue weighted by molar-refractivity contribution is 0.340. The van der Waals surface area contributed by atoms with E-state index in [4.69, 9.17) is 0 Å². The molecule has 0 saturated heterocycles. The van der Waals surface area contributed by atoms with Crippen molar-refractivity contribution >= 4 is 11.9 Å². The maximum Gasteiger partial charge on any atom is 0.127 e. The van der Waals surface area contributed by atoms with Crippen LogP contribution >= 0.6 is 0 Å². The number of nitrogens with zero attached hydrogens (tertiary/aromatic N) is 1. The summed E-state index contributed by atoms with van der Waals surface area (Å²) in [4.78, 5) is 4.61. The second-order valence-electron chi connectivity index (χ2n) is 9.30. The van der Waals surface area contributed by atoms with E-state index < -0.39 is 0 Å². The molecule has 2 heteroatoms. The van der Waals surface area contributed by atoms with Gasteiger partial charge in [0.1, 0.15) is 5.75 Å². The molecule has 0 aromatic heterocycles. The molecule has 1 fully saturated rings. The SMILES string of the molecule is Cc1cc(C=Nc2ccc(C(C)(C)C)cc2)c(O)c(C2CCC(C)CC2)c1. The van der Waals surface area contributed by atoms with Crippen LogP contribution in [0.2, 0.25) is 0 Å². The molecular weight excluding hydrogens is 330 g/mol. The van der Waals surface area contributed by atoms with E-state index in [1.165, 1.54) is 36.8 Å². The topological polar surface area (TPSA) is 32.6 Å². The number of benzene rings is 2. The molecule has 1 aliphatic carbocycles. The Morgan fingerprint density at radius 2 is 1.63 bits per heavy atom. The molecule has 144 valence electrons. The zero-order chi connectivity index (χ0) is 19.6. The van der Waals surface area contributed by atoms with Crippen molar-refractivity contribution in [3.05, 3.63) is 58.7 Å². The van der Waals surface area contributed by atoms with E-state index in [2.05, 4.69) is 57.8 Å². The van der Waals surface area contributed by atoms with E-state index in [1.54, 1.807) is 0 Å². The fourth-order valence-electron chi connectivity index (χ4n) is 4.01. The molecule has 0 heterocycles. The van der Waals surface area contributed by atoms with Gasteiger partial charge in [-0.3, -0.25) is 4.99 Å². The lowest BCUT2D eigenvalue weighted by Crippen LogP contribution is -2.11. The number of phenols is 1. The highest BCUT2D eigenvalue weighted by Crippen LogP contribution is 2.40. The Balaban J connectivity index is 1.83. The molecule has 0 spiro atoms. The minimum atomic E-state index is 0.142. The Labute approximate surface area is 164 Å². The van der Waals surface area contributed by atoms with E-state index >= 15 is 0 Å². The smallest absolute Gasteiger partial charge is 0.127 e. The Bertz CT molecular complexity index is 803. The standard InChI is InChI=1S/C25H33NO/c1-17-6-8-19(9-7-17)23-15-18(2)14-20(24(23)27)16-26-22-12-10-21(11-13-22)25(3,4)5/h10-17,19,27H,6-9H2,1-5H3. The van der Waals surface area contributed by atoms with Gasteiger partial charge in [0.2, 0.25) is 0 Å². The van der Waals surface area contributed by atoms with Gasteiger partial charge in [0, 0.05) is 11.8 Å². The van der Waals surface area contributed by atoms with Gasteiger partial charge in [-0.1, -0.05) is 58.7 Å². The van der Waals surface area contributed by atoms with E-state index in [1.807, 2.05) is 24.4 Å². The maximum absolute atomic E-state index is 10.9. The van der Waals surface area contributed by atoms with Crippen LogP contribution in [0.3, 0.4) is 0 Å². The zero-order valence-electron chi connectivity index (χ0n) is 17.4.